The monoisotopic (exact) mass is 434 g/mol. The number of carbonyl (C=O) groups excluding carboxylic acids is 2. The van der Waals surface area contributed by atoms with Gasteiger partial charge in [-0.1, -0.05) is 29.8 Å². The van der Waals surface area contributed by atoms with Crippen molar-refractivity contribution in [3.63, 3.8) is 0 Å². The van der Waals surface area contributed by atoms with E-state index in [1.54, 1.807) is 10.3 Å². The second-order valence-electron chi connectivity index (χ2n) is 7.64. The van der Waals surface area contributed by atoms with Gasteiger partial charge in [-0.05, 0) is 48.7 Å². The van der Waals surface area contributed by atoms with Gasteiger partial charge in [-0.3, -0.25) is 9.59 Å². The van der Waals surface area contributed by atoms with E-state index in [0.29, 0.717) is 13.2 Å². The molecule has 0 spiro atoms. The maximum atomic E-state index is 13.4. The number of rotatable bonds is 7. The summed E-state index contributed by atoms with van der Waals surface area (Å²) in [5.41, 5.74) is 0.278. The molecule has 2 aromatic heterocycles. The molecule has 1 saturated heterocycles. The second-order valence-corrected chi connectivity index (χ2v) is 9.23. The normalized spacial score (nSPS) is 21.0. The smallest absolute Gasteiger partial charge is 0.276 e. The molecule has 156 valence electrons. The molecule has 4 rings (SSSR count). The predicted octanol–water partition coefficient (Wildman–Crippen LogP) is 3.41. The van der Waals surface area contributed by atoms with Gasteiger partial charge >= 0.3 is 0 Å². The lowest BCUT2D eigenvalue weighted by Crippen LogP contribution is -2.49. The van der Waals surface area contributed by atoms with E-state index in [1.807, 2.05) is 17.5 Å². The minimum atomic E-state index is -0.685. The van der Waals surface area contributed by atoms with Crippen molar-refractivity contribution in [2.75, 3.05) is 13.2 Å². The fraction of sp³-hybridized carbons (Fsp3) is 0.600. The van der Waals surface area contributed by atoms with Gasteiger partial charge in [0.2, 0.25) is 5.91 Å². The van der Waals surface area contributed by atoms with Gasteiger partial charge in [0.25, 0.3) is 5.91 Å². The molecule has 1 N–H and O–H groups in total. The fourth-order valence-corrected chi connectivity index (χ4v) is 5.38. The summed E-state index contributed by atoms with van der Waals surface area (Å²) in [7, 11) is 0. The molecule has 2 amide bonds. The van der Waals surface area contributed by atoms with Crippen molar-refractivity contribution < 1.29 is 14.3 Å². The van der Waals surface area contributed by atoms with E-state index >= 15 is 0 Å². The second kappa shape index (κ2) is 9.77. The maximum absolute atomic E-state index is 13.4. The Morgan fingerprint density at radius 3 is 2.76 bits per heavy atom. The molecule has 29 heavy (non-hydrogen) atoms. The van der Waals surface area contributed by atoms with E-state index in [4.69, 9.17) is 4.74 Å². The van der Waals surface area contributed by atoms with Crippen LogP contribution in [0.2, 0.25) is 0 Å². The van der Waals surface area contributed by atoms with E-state index in [9.17, 15) is 9.59 Å². The topological polar surface area (TPSA) is 84.4 Å². The van der Waals surface area contributed by atoms with Gasteiger partial charge in [0.15, 0.2) is 5.69 Å². The Morgan fingerprint density at radius 2 is 2.10 bits per heavy atom. The van der Waals surface area contributed by atoms with E-state index in [1.165, 1.54) is 17.8 Å². The first-order valence-corrected chi connectivity index (χ1v) is 12.0. The van der Waals surface area contributed by atoms with Gasteiger partial charge in [0.1, 0.15) is 6.04 Å². The zero-order valence-electron chi connectivity index (χ0n) is 16.3. The van der Waals surface area contributed by atoms with Crippen molar-refractivity contribution in [3.8, 4) is 0 Å². The van der Waals surface area contributed by atoms with Gasteiger partial charge in [-0.15, -0.1) is 16.4 Å². The Labute approximate surface area is 178 Å². The number of nitrogens with zero attached hydrogens (tertiary/aromatic N) is 3. The van der Waals surface area contributed by atoms with Crippen LogP contribution in [-0.4, -0.2) is 51.6 Å². The number of hydrogen-bond donors (Lipinski definition) is 1. The van der Waals surface area contributed by atoms with E-state index in [0.717, 1.165) is 54.9 Å². The summed E-state index contributed by atoms with van der Waals surface area (Å²) in [6.07, 6.45) is 7.30. The van der Waals surface area contributed by atoms with Gasteiger partial charge in [0.05, 0.1) is 6.10 Å². The molecule has 2 atom stereocenters. The van der Waals surface area contributed by atoms with Crippen molar-refractivity contribution in [1.82, 2.24) is 19.8 Å². The molecule has 3 heterocycles. The molecule has 1 aliphatic carbocycles. The first-order chi connectivity index (χ1) is 14.2. The van der Waals surface area contributed by atoms with Crippen LogP contribution in [0.1, 0.15) is 66.4 Å². The molecule has 1 saturated carbocycles. The largest absolute Gasteiger partial charge is 0.376 e. The van der Waals surface area contributed by atoms with E-state index in [-0.39, 0.29) is 29.7 Å². The molecular formula is C20H26N4O3S2. The van der Waals surface area contributed by atoms with Gasteiger partial charge < -0.3 is 15.0 Å². The molecule has 0 aromatic carbocycles. The first-order valence-electron chi connectivity index (χ1n) is 10.3. The molecule has 7 nitrogen and oxygen atoms in total. The highest BCUT2D eigenvalue weighted by Gasteiger charge is 2.37. The highest BCUT2D eigenvalue weighted by molar-refractivity contribution is 7.10. The van der Waals surface area contributed by atoms with Gasteiger partial charge in [0, 0.05) is 29.5 Å². The summed E-state index contributed by atoms with van der Waals surface area (Å²) in [5.74, 6) is -0.389. The number of amides is 2. The lowest BCUT2D eigenvalue weighted by Gasteiger charge is -2.33. The van der Waals surface area contributed by atoms with Crippen LogP contribution < -0.4 is 5.32 Å². The average molecular weight is 435 g/mol. The molecule has 2 fully saturated rings. The number of ether oxygens (including phenoxy) is 1. The van der Waals surface area contributed by atoms with Crippen LogP contribution in [0.4, 0.5) is 0 Å². The van der Waals surface area contributed by atoms with Gasteiger partial charge in [-0.2, -0.15) is 0 Å². The standard InChI is InChI=1S/C20H26N4O3S2/c25-19(21-14-6-2-1-3-7-14)18(17-9-5-11-28-17)24(12-15-8-4-10-27-15)20(26)16-13-29-23-22-16/h5,9,11,13-15,18H,1-4,6-8,10,12H2,(H,21,25)/t15-,18-/m1/s1. The Kier molecular flexibility index (Phi) is 6.89. The molecule has 0 radical (unpaired) electrons. The van der Waals surface area contributed by atoms with Crippen molar-refractivity contribution in [3.05, 3.63) is 33.5 Å². The maximum Gasteiger partial charge on any atom is 0.276 e. The van der Waals surface area contributed by atoms with Crippen molar-refractivity contribution >= 4 is 34.7 Å². The summed E-state index contributed by atoms with van der Waals surface area (Å²) in [6, 6.07) is 3.33. The first kappa shape index (κ1) is 20.4. The molecule has 2 aliphatic rings. The molecule has 0 unspecified atom stereocenters. The number of hydrogen-bond acceptors (Lipinski definition) is 7. The number of nitrogens with one attached hydrogen (secondary N) is 1. The summed E-state index contributed by atoms with van der Waals surface area (Å²) in [5, 5.41) is 10.7. The zero-order chi connectivity index (χ0) is 20.1. The quantitative estimate of drug-likeness (QED) is 0.722. The van der Waals surface area contributed by atoms with Crippen molar-refractivity contribution in [2.24, 2.45) is 0 Å². The number of thiophene rings is 1. The highest BCUT2D eigenvalue weighted by Crippen LogP contribution is 2.30. The van der Waals surface area contributed by atoms with E-state index < -0.39 is 6.04 Å². The summed E-state index contributed by atoms with van der Waals surface area (Å²) >= 11 is 2.63. The van der Waals surface area contributed by atoms with Crippen LogP contribution in [0.5, 0.6) is 0 Å². The molecule has 2 aromatic rings. The molecular weight excluding hydrogens is 408 g/mol. The van der Waals surface area contributed by atoms with Crippen LogP contribution in [0.25, 0.3) is 0 Å². The Balaban J connectivity index is 1.61. The summed E-state index contributed by atoms with van der Waals surface area (Å²) in [6.45, 7) is 1.07. The predicted molar refractivity (Wildman–Crippen MR) is 112 cm³/mol. The highest BCUT2D eigenvalue weighted by atomic mass is 32.1. The third-order valence-electron chi connectivity index (χ3n) is 5.59. The minimum absolute atomic E-state index is 0.0597. The summed E-state index contributed by atoms with van der Waals surface area (Å²) < 4.78 is 9.63. The Bertz CT molecular complexity index is 785. The van der Waals surface area contributed by atoms with Crippen molar-refractivity contribution in [1.29, 1.82) is 0 Å². The Hall–Kier alpha value is -1.84. The van der Waals surface area contributed by atoms with Crippen LogP contribution in [-0.2, 0) is 9.53 Å². The van der Waals surface area contributed by atoms with Gasteiger partial charge in [-0.25, -0.2) is 0 Å². The third-order valence-corrected chi connectivity index (χ3v) is 7.02. The SMILES string of the molecule is O=C(NC1CCCCC1)[C@@H](c1cccs1)N(C[C@H]1CCCO1)C(=O)c1csnn1. The Morgan fingerprint density at radius 1 is 1.24 bits per heavy atom. The average Bonchev–Trinajstić information content (AvgIpc) is 3.51. The molecule has 0 bridgehead atoms. The van der Waals surface area contributed by atoms with E-state index in [2.05, 4.69) is 14.9 Å². The lowest BCUT2D eigenvalue weighted by molar-refractivity contribution is -0.127. The number of carbonyl (C=O) groups is 2. The third kappa shape index (κ3) is 5.02. The molecule has 9 heteroatoms. The van der Waals surface area contributed by atoms with Crippen molar-refractivity contribution in [2.45, 2.75) is 63.1 Å². The molecule has 1 aliphatic heterocycles. The number of aromatic nitrogens is 2. The zero-order valence-corrected chi connectivity index (χ0v) is 17.9. The lowest BCUT2D eigenvalue weighted by atomic mass is 9.95. The van der Waals surface area contributed by atoms with Crippen LogP contribution >= 0.6 is 22.9 Å². The van der Waals surface area contributed by atoms with Crippen LogP contribution in [0, 0.1) is 0 Å². The van der Waals surface area contributed by atoms with Crippen LogP contribution in [0.15, 0.2) is 22.9 Å². The summed E-state index contributed by atoms with van der Waals surface area (Å²) in [4.78, 5) is 29.2. The fourth-order valence-electron chi connectivity index (χ4n) is 4.12. The minimum Gasteiger partial charge on any atom is -0.376 e. The van der Waals surface area contributed by atoms with Crippen LogP contribution in [0.3, 0.4) is 0 Å².